The summed E-state index contributed by atoms with van der Waals surface area (Å²) in [7, 11) is 0. The van der Waals surface area contributed by atoms with Crippen LogP contribution in [0.5, 0.6) is 11.5 Å². The van der Waals surface area contributed by atoms with Crippen LogP contribution in [0.4, 0.5) is 5.13 Å². The molecule has 0 spiro atoms. The normalized spacial score (nSPS) is 30.0. The molecule has 2 aromatic carbocycles. The van der Waals surface area contributed by atoms with Crippen molar-refractivity contribution >= 4 is 38.6 Å². The van der Waals surface area contributed by atoms with Gasteiger partial charge in [0, 0.05) is 5.56 Å². The molecule has 7 nitrogen and oxygen atoms in total. The Labute approximate surface area is 314 Å². The average Bonchev–Trinajstić information content (AvgIpc) is 3.62. The Kier molecular flexibility index (Phi) is 12.7. The van der Waals surface area contributed by atoms with Gasteiger partial charge >= 0.3 is 11.9 Å². The molecular formula is C44H59N3O4S. The number of nitrogens with zero attached hydrogens (tertiary/aromatic N) is 3. The van der Waals surface area contributed by atoms with E-state index < -0.39 is 0 Å². The number of para-hydroxylation sites is 1. The molecule has 4 aliphatic rings. The molecule has 0 atom stereocenters. The quantitative estimate of drug-likeness (QED) is 0.111. The number of ether oxygens (including phenoxy) is 2. The number of benzene rings is 2. The first kappa shape index (κ1) is 37.2. The molecule has 0 saturated heterocycles. The number of fused-ring (bicyclic) bond motifs is 1. The van der Waals surface area contributed by atoms with Gasteiger partial charge in [-0.2, -0.15) is 5.11 Å². The first-order valence-electron chi connectivity index (χ1n) is 20.7. The number of carbonyl (C=O) groups excluding carboxylic acids is 2. The maximum Gasteiger partial charge on any atom is 0.314 e. The third-order valence-corrected chi connectivity index (χ3v) is 14.5. The van der Waals surface area contributed by atoms with Crippen molar-refractivity contribution in [2.45, 2.75) is 136 Å². The van der Waals surface area contributed by atoms with Gasteiger partial charge in [0.1, 0.15) is 11.5 Å². The highest BCUT2D eigenvalue weighted by molar-refractivity contribution is 7.21. The first-order valence-corrected chi connectivity index (χ1v) is 21.6. The predicted molar refractivity (Wildman–Crippen MR) is 208 cm³/mol. The summed E-state index contributed by atoms with van der Waals surface area (Å²) in [6, 6.07) is 13.3. The molecule has 7 rings (SSSR count). The lowest BCUT2D eigenvalue weighted by molar-refractivity contribution is -0.141. The largest absolute Gasteiger partial charge is 0.426 e. The molecule has 0 amide bonds. The van der Waals surface area contributed by atoms with E-state index in [0.717, 1.165) is 97.1 Å². The van der Waals surface area contributed by atoms with Crippen LogP contribution in [0.2, 0.25) is 0 Å². The molecule has 0 unspecified atom stereocenters. The van der Waals surface area contributed by atoms with Crippen molar-refractivity contribution in [2.75, 3.05) is 0 Å². The molecule has 0 radical (unpaired) electrons. The van der Waals surface area contributed by atoms with Crippen LogP contribution in [0.3, 0.4) is 0 Å². The second-order valence-electron chi connectivity index (χ2n) is 16.6. The number of carbonyl (C=O) groups is 2. The highest BCUT2D eigenvalue weighted by atomic mass is 32.1. The van der Waals surface area contributed by atoms with Gasteiger partial charge in [0.05, 0.1) is 28.6 Å². The third-order valence-electron chi connectivity index (χ3n) is 13.6. The Hall–Kier alpha value is -3.13. The Morgan fingerprint density at radius 3 is 1.73 bits per heavy atom. The van der Waals surface area contributed by atoms with E-state index in [-0.39, 0.29) is 30.3 Å². The topological polar surface area (TPSA) is 90.2 Å². The summed E-state index contributed by atoms with van der Waals surface area (Å²) < 4.78 is 13.2. The minimum atomic E-state index is -0.165. The summed E-state index contributed by atoms with van der Waals surface area (Å²) >= 11 is 1.49. The SMILES string of the molecule is CCC1CCC(C2CCC(C(=O)Oc3ccc(OC(=O)C4CCC(C5CCC(CC)CC5)CC4)c(CN=Nc4nc5ccccc5s4)c3)CC2)CC1. The smallest absolute Gasteiger partial charge is 0.314 e. The molecule has 52 heavy (non-hydrogen) atoms. The molecule has 3 aromatic rings. The molecular weight excluding hydrogens is 667 g/mol. The van der Waals surface area contributed by atoms with Crippen LogP contribution in [0.15, 0.2) is 52.7 Å². The summed E-state index contributed by atoms with van der Waals surface area (Å²) in [5.41, 5.74) is 1.57. The van der Waals surface area contributed by atoms with E-state index in [9.17, 15) is 9.59 Å². The van der Waals surface area contributed by atoms with E-state index in [1.165, 1.54) is 75.5 Å². The Morgan fingerprint density at radius 2 is 1.19 bits per heavy atom. The summed E-state index contributed by atoms with van der Waals surface area (Å²) in [6.07, 6.45) is 21.6. The van der Waals surface area contributed by atoms with Crippen molar-refractivity contribution in [2.24, 2.45) is 57.6 Å². The minimum absolute atomic E-state index is 0.0697. The second kappa shape index (κ2) is 17.8. The molecule has 4 saturated carbocycles. The molecule has 8 heteroatoms. The highest BCUT2D eigenvalue weighted by Crippen LogP contribution is 2.44. The van der Waals surface area contributed by atoms with Gasteiger partial charge in [-0.3, -0.25) is 9.59 Å². The lowest BCUT2D eigenvalue weighted by atomic mass is 9.69. The lowest BCUT2D eigenvalue weighted by Crippen LogP contribution is -2.30. The Morgan fingerprint density at radius 1 is 0.673 bits per heavy atom. The van der Waals surface area contributed by atoms with Gasteiger partial charge in [-0.25, -0.2) is 4.98 Å². The number of esters is 2. The lowest BCUT2D eigenvalue weighted by Gasteiger charge is -2.37. The average molecular weight is 726 g/mol. The predicted octanol–water partition coefficient (Wildman–Crippen LogP) is 12.4. The standard InChI is InChI=1S/C44H59N3O4S/c1-3-29-9-13-31(14-10-29)33-17-21-35(22-18-33)42(48)50-38-25-26-40(37(27-38)28-45-47-44-46-39-7-5-6-8-41(39)52-44)51-43(49)36-23-19-34(20-24-36)32-15-11-30(4-2)12-16-32/h5-8,25-27,29-36H,3-4,9-24,28H2,1-2H3. The van der Waals surface area contributed by atoms with E-state index in [4.69, 9.17) is 9.47 Å². The van der Waals surface area contributed by atoms with Crippen molar-refractivity contribution in [3.8, 4) is 11.5 Å². The van der Waals surface area contributed by atoms with Crippen molar-refractivity contribution in [3.63, 3.8) is 0 Å². The molecule has 4 fully saturated rings. The van der Waals surface area contributed by atoms with Crippen LogP contribution < -0.4 is 9.47 Å². The zero-order valence-electron chi connectivity index (χ0n) is 31.5. The third kappa shape index (κ3) is 9.32. The molecule has 280 valence electrons. The van der Waals surface area contributed by atoms with Crippen LogP contribution in [0.1, 0.15) is 135 Å². The number of rotatable bonds is 11. The number of aromatic nitrogens is 1. The van der Waals surface area contributed by atoms with Gasteiger partial charge in [-0.15, -0.1) is 5.11 Å². The maximum atomic E-state index is 13.6. The van der Waals surface area contributed by atoms with Crippen LogP contribution >= 0.6 is 11.3 Å². The van der Waals surface area contributed by atoms with Crippen LogP contribution in [-0.2, 0) is 16.1 Å². The monoisotopic (exact) mass is 725 g/mol. The van der Waals surface area contributed by atoms with E-state index >= 15 is 0 Å². The van der Waals surface area contributed by atoms with E-state index in [0.29, 0.717) is 22.2 Å². The van der Waals surface area contributed by atoms with Crippen molar-refractivity contribution in [1.82, 2.24) is 4.98 Å². The molecule has 0 aliphatic heterocycles. The van der Waals surface area contributed by atoms with E-state index in [1.807, 2.05) is 24.3 Å². The highest BCUT2D eigenvalue weighted by Gasteiger charge is 2.35. The zero-order valence-corrected chi connectivity index (χ0v) is 32.3. The van der Waals surface area contributed by atoms with Gasteiger partial charge in [0.25, 0.3) is 0 Å². The van der Waals surface area contributed by atoms with Gasteiger partial charge in [0.15, 0.2) is 0 Å². The fourth-order valence-corrected chi connectivity index (χ4v) is 10.9. The Bertz CT molecular complexity index is 1620. The summed E-state index contributed by atoms with van der Waals surface area (Å²) in [4.78, 5) is 31.5. The number of azo groups is 1. The van der Waals surface area contributed by atoms with Crippen molar-refractivity contribution in [1.29, 1.82) is 0 Å². The van der Waals surface area contributed by atoms with Gasteiger partial charge in [-0.1, -0.05) is 75.8 Å². The van der Waals surface area contributed by atoms with Gasteiger partial charge < -0.3 is 9.47 Å². The van der Waals surface area contributed by atoms with E-state index in [2.05, 4.69) is 29.1 Å². The molecule has 4 aliphatic carbocycles. The number of thiazole rings is 1. The van der Waals surface area contributed by atoms with Crippen LogP contribution in [-0.4, -0.2) is 16.9 Å². The molecule has 0 bridgehead atoms. The maximum absolute atomic E-state index is 13.6. The Balaban J connectivity index is 0.974. The van der Waals surface area contributed by atoms with Gasteiger partial charge in [-0.05, 0) is 143 Å². The zero-order chi connectivity index (χ0) is 35.9. The molecule has 1 aromatic heterocycles. The molecule has 1 heterocycles. The summed E-state index contributed by atoms with van der Waals surface area (Å²) in [5, 5.41) is 9.47. The fourth-order valence-electron chi connectivity index (χ4n) is 10.1. The van der Waals surface area contributed by atoms with Crippen molar-refractivity contribution in [3.05, 3.63) is 48.0 Å². The van der Waals surface area contributed by atoms with Crippen LogP contribution in [0, 0.1) is 47.3 Å². The minimum Gasteiger partial charge on any atom is -0.426 e. The molecule has 0 N–H and O–H groups in total. The first-order chi connectivity index (χ1) is 25.4. The number of hydrogen-bond donors (Lipinski definition) is 0. The summed E-state index contributed by atoms with van der Waals surface area (Å²) in [6.45, 7) is 4.83. The number of hydrogen-bond acceptors (Lipinski definition) is 8. The van der Waals surface area contributed by atoms with Crippen LogP contribution in [0.25, 0.3) is 10.2 Å². The fraction of sp³-hybridized carbons (Fsp3) is 0.659. The second-order valence-corrected chi connectivity index (χ2v) is 17.6. The van der Waals surface area contributed by atoms with Gasteiger partial charge in [0.2, 0.25) is 5.13 Å². The van der Waals surface area contributed by atoms with Crippen molar-refractivity contribution < 1.29 is 19.1 Å². The van der Waals surface area contributed by atoms with E-state index in [1.54, 1.807) is 18.2 Å². The summed E-state index contributed by atoms with van der Waals surface area (Å²) in [5.74, 6) is 5.42.